The Kier molecular flexibility index (Phi) is 9.04. The van der Waals surface area contributed by atoms with E-state index in [9.17, 15) is 18.0 Å². The van der Waals surface area contributed by atoms with E-state index >= 15 is 0 Å². The Hall–Kier alpha value is -2.98. The summed E-state index contributed by atoms with van der Waals surface area (Å²) in [7, 11) is -3.85. The predicted molar refractivity (Wildman–Crippen MR) is 146 cm³/mol. The van der Waals surface area contributed by atoms with Crippen LogP contribution in [0.5, 0.6) is 11.5 Å². The summed E-state index contributed by atoms with van der Waals surface area (Å²) < 4.78 is 38.2. The number of amides is 2. The molecule has 2 aromatic carbocycles. The van der Waals surface area contributed by atoms with Gasteiger partial charge < -0.3 is 19.7 Å². The Bertz CT molecular complexity index is 1270. The van der Waals surface area contributed by atoms with Gasteiger partial charge in [0, 0.05) is 23.7 Å². The van der Waals surface area contributed by atoms with Gasteiger partial charge in [0.25, 0.3) is 0 Å². The van der Waals surface area contributed by atoms with Gasteiger partial charge in [0.1, 0.15) is 12.6 Å². The highest BCUT2D eigenvalue weighted by molar-refractivity contribution is 7.92. The monoisotopic (exact) mass is 563 g/mol. The van der Waals surface area contributed by atoms with Crippen LogP contribution in [-0.4, -0.2) is 56.3 Å². The molecule has 38 heavy (non-hydrogen) atoms. The molecule has 1 atom stereocenters. The first-order chi connectivity index (χ1) is 18.2. The van der Waals surface area contributed by atoms with Gasteiger partial charge in [-0.25, -0.2) is 8.42 Å². The normalized spacial score (nSPS) is 15.8. The predicted octanol–water partition coefficient (Wildman–Crippen LogP) is 4.09. The summed E-state index contributed by atoms with van der Waals surface area (Å²) in [4.78, 5) is 28.8. The molecule has 1 saturated carbocycles. The van der Waals surface area contributed by atoms with E-state index in [-0.39, 0.29) is 36.7 Å². The number of nitrogens with one attached hydrogen (secondary N) is 1. The second-order valence-electron chi connectivity index (χ2n) is 9.47. The van der Waals surface area contributed by atoms with E-state index in [2.05, 4.69) is 5.32 Å². The zero-order valence-corrected chi connectivity index (χ0v) is 23.3. The minimum atomic E-state index is -3.85. The largest absolute Gasteiger partial charge is 0.454 e. The number of nitrogens with zero attached hydrogens (tertiary/aromatic N) is 2. The highest BCUT2D eigenvalue weighted by Gasteiger charge is 2.34. The van der Waals surface area contributed by atoms with Crippen LogP contribution in [0.4, 0.5) is 5.69 Å². The number of rotatable bonds is 11. The molecule has 9 nitrogen and oxygen atoms in total. The number of benzene rings is 2. The first-order valence-corrected chi connectivity index (χ1v) is 15.0. The molecular weight excluding hydrogens is 530 g/mol. The Balaban J connectivity index is 1.65. The third kappa shape index (κ3) is 6.35. The molecule has 1 N–H and O–H groups in total. The van der Waals surface area contributed by atoms with Gasteiger partial charge in [-0.2, -0.15) is 0 Å². The molecule has 2 amide bonds. The summed E-state index contributed by atoms with van der Waals surface area (Å²) in [5, 5.41) is 3.56. The van der Waals surface area contributed by atoms with Gasteiger partial charge >= 0.3 is 0 Å². The fourth-order valence-corrected chi connectivity index (χ4v) is 6.11. The first kappa shape index (κ1) is 28.0. The van der Waals surface area contributed by atoms with Crippen LogP contribution in [-0.2, 0) is 26.2 Å². The van der Waals surface area contributed by atoms with Crippen molar-refractivity contribution < 1.29 is 27.5 Å². The van der Waals surface area contributed by atoms with Crippen LogP contribution in [0.15, 0.2) is 42.5 Å². The smallest absolute Gasteiger partial charge is 0.244 e. The van der Waals surface area contributed by atoms with Crippen LogP contribution in [0.3, 0.4) is 0 Å². The standard InChI is InChI=1S/C27H34ClN3O6S/c1-3-23(27(33)29-20-10-6-7-11-20)30(16-19-9-5-8-12-22(19)28)26(32)17-31(38(34,35)4-2)21-13-14-24-25(15-21)37-18-36-24/h5,8-9,12-15,20,23H,3-4,6-7,10-11,16-18H2,1-2H3,(H,29,33)/t23-/m0/s1. The third-order valence-electron chi connectivity index (χ3n) is 7.01. The fraction of sp³-hybridized carbons (Fsp3) is 0.481. The minimum absolute atomic E-state index is 0.0398. The van der Waals surface area contributed by atoms with Crippen LogP contribution < -0.4 is 19.1 Å². The van der Waals surface area contributed by atoms with E-state index in [1.165, 1.54) is 11.8 Å². The van der Waals surface area contributed by atoms with E-state index < -0.39 is 28.5 Å². The molecule has 0 bridgehead atoms. The summed E-state index contributed by atoms with van der Waals surface area (Å²) >= 11 is 6.42. The molecule has 0 radical (unpaired) electrons. The molecule has 1 fully saturated rings. The maximum atomic E-state index is 13.9. The van der Waals surface area contributed by atoms with Crippen molar-refractivity contribution in [2.75, 3.05) is 23.4 Å². The maximum Gasteiger partial charge on any atom is 0.244 e. The van der Waals surface area contributed by atoms with Crippen molar-refractivity contribution in [3.05, 3.63) is 53.1 Å². The number of hydrogen-bond donors (Lipinski definition) is 1. The molecular formula is C27H34ClN3O6S. The number of carbonyl (C=O) groups excluding carboxylic acids is 2. The SMILES string of the molecule is CC[C@@H](C(=O)NC1CCCC1)N(Cc1ccccc1Cl)C(=O)CN(c1ccc2c(c1)OCO2)S(=O)(=O)CC. The van der Waals surface area contributed by atoms with E-state index in [0.717, 1.165) is 30.0 Å². The summed E-state index contributed by atoms with van der Waals surface area (Å²) in [5.41, 5.74) is 0.952. The lowest BCUT2D eigenvalue weighted by molar-refractivity contribution is -0.140. The summed E-state index contributed by atoms with van der Waals surface area (Å²) in [5.74, 6) is -0.0511. The van der Waals surface area contributed by atoms with E-state index in [1.807, 2.05) is 13.0 Å². The lowest BCUT2D eigenvalue weighted by atomic mass is 10.1. The van der Waals surface area contributed by atoms with Crippen LogP contribution in [0.2, 0.25) is 5.02 Å². The number of hydrogen-bond acceptors (Lipinski definition) is 6. The van der Waals surface area contributed by atoms with Crippen molar-refractivity contribution >= 4 is 39.1 Å². The number of carbonyl (C=O) groups is 2. The van der Waals surface area contributed by atoms with Gasteiger partial charge in [0.05, 0.1) is 11.4 Å². The van der Waals surface area contributed by atoms with E-state index in [1.54, 1.807) is 36.4 Å². The number of fused-ring (bicyclic) bond motifs is 1. The zero-order chi connectivity index (χ0) is 27.3. The second-order valence-corrected chi connectivity index (χ2v) is 12.1. The topological polar surface area (TPSA) is 105 Å². The molecule has 1 heterocycles. The van der Waals surface area contributed by atoms with Crippen molar-refractivity contribution in [2.24, 2.45) is 0 Å². The Morgan fingerprint density at radius 2 is 1.79 bits per heavy atom. The van der Waals surface area contributed by atoms with E-state index in [4.69, 9.17) is 21.1 Å². The molecule has 0 saturated heterocycles. The van der Waals surface area contributed by atoms with Crippen LogP contribution in [0, 0.1) is 0 Å². The molecule has 2 aromatic rings. The maximum absolute atomic E-state index is 13.9. The van der Waals surface area contributed by atoms with E-state index in [0.29, 0.717) is 28.5 Å². The molecule has 0 spiro atoms. The average Bonchev–Trinajstić information content (AvgIpc) is 3.59. The number of halogens is 1. The third-order valence-corrected chi connectivity index (χ3v) is 9.12. The number of anilines is 1. The number of ether oxygens (including phenoxy) is 2. The van der Waals surface area contributed by atoms with Crippen LogP contribution in [0.25, 0.3) is 0 Å². The summed E-state index contributed by atoms with van der Waals surface area (Å²) in [6.07, 6.45) is 4.30. The first-order valence-electron chi connectivity index (χ1n) is 13.0. The molecule has 1 aliphatic carbocycles. The van der Waals surface area contributed by atoms with Crippen molar-refractivity contribution in [1.29, 1.82) is 0 Å². The highest BCUT2D eigenvalue weighted by Crippen LogP contribution is 2.36. The summed E-state index contributed by atoms with van der Waals surface area (Å²) in [6.45, 7) is 2.98. The Morgan fingerprint density at radius 1 is 1.08 bits per heavy atom. The van der Waals surface area contributed by atoms with Crippen molar-refractivity contribution in [2.45, 2.75) is 64.6 Å². The van der Waals surface area contributed by atoms with Crippen molar-refractivity contribution in [1.82, 2.24) is 10.2 Å². The van der Waals surface area contributed by atoms with Gasteiger partial charge in [-0.3, -0.25) is 13.9 Å². The second kappa shape index (κ2) is 12.3. The Morgan fingerprint density at radius 3 is 2.47 bits per heavy atom. The van der Waals surface area contributed by atoms with Crippen LogP contribution in [0.1, 0.15) is 51.5 Å². The van der Waals surface area contributed by atoms with Gasteiger partial charge in [-0.05, 0) is 49.9 Å². The summed E-state index contributed by atoms with van der Waals surface area (Å²) in [6, 6.07) is 11.2. The quantitative estimate of drug-likeness (QED) is 0.441. The van der Waals surface area contributed by atoms with Gasteiger partial charge in [0.15, 0.2) is 11.5 Å². The highest BCUT2D eigenvalue weighted by atomic mass is 35.5. The molecule has 0 aromatic heterocycles. The fourth-order valence-electron chi connectivity index (χ4n) is 4.86. The lowest BCUT2D eigenvalue weighted by Crippen LogP contribution is -2.53. The van der Waals surface area contributed by atoms with Gasteiger partial charge in [-0.1, -0.05) is 49.6 Å². The lowest BCUT2D eigenvalue weighted by Gasteiger charge is -2.34. The van der Waals surface area contributed by atoms with Crippen molar-refractivity contribution in [3.8, 4) is 11.5 Å². The molecule has 11 heteroatoms. The molecule has 0 unspecified atom stereocenters. The number of sulfonamides is 1. The zero-order valence-electron chi connectivity index (χ0n) is 21.7. The molecule has 2 aliphatic rings. The van der Waals surface area contributed by atoms with Gasteiger partial charge in [0.2, 0.25) is 28.6 Å². The minimum Gasteiger partial charge on any atom is -0.454 e. The van der Waals surface area contributed by atoms with Crippen molar-refractivity contribution in [3.63, 3.8) is 0 Å². The average molecular weight is 564 g/mol. The molecule has 206 valence electrons. The Labute approximate surface area is 229 Å². The molecule has 1 aliphatic heterocycles. The van der Waals surface area contributed by atoms with Crippen LogP contribution >= 0.6 is 11.6 Å². The molecule has 4 rings (SSSR count). The van der Waals surface area contributed by atoms with Gasteiger partial charge in [-0.15, -0.1) is 0 Å².